The van der Waals surface area contributed by atoms with E-state index in [0.29, 0.717) is 17.4 Å². The zero-order valence-corrected chi connectivity index (χ0v) is 12.4. The van der Waals surface area contributed by atoms with Crippen LogP contribution in [0.1, 0.15) is 5.56 Å². The number of halogens is 1. The zero-order chi connectivity index (χ0) is 12.6. The number of rotatable bonds is 2. The van der Waals surface area contributed by atoms with Crippen molar-refractivity contribution in [1.29, 1.82) is 0 Å². The topological polar surface area (TPSA) is 72.6 Å². The Kier molecular flexibility index (Phi) is 3.91. The third-order valence-electron chi connectivity index (χ3n) is 2.51. The molecule has 1 aliphatic rings. The van der Waals surface area contributed by atoms with Crippen LogP contribution >= 0.6 is 27.3 Å². The molecule has 1 saturated heterocycles. The highest BCUT2D eigenvalue weighted by Crippen LogP contribution is 2.32. The third-order valence-corrected chi connectivity index (χ3v) is 7.02. The molecule has 2 heterocycles. The van der Waals surface area contributed by atoms with Gasteiger partial charge in [0.05, 0.1) is 23.2 Å². The van der Waals surface area contributed by atoms with E-state index in [1.165, 1.54) is 15.6 Å². The molecule has 0 spiro atoms. The Balaban J connectivity index is 2.35. The summed E-state index contributed by atoms with van der Waals surface area (Å²) in [5.74, 6) is 0. The van der Waals surface area contributed by atoms with Gasteiger partial charge in [0.25, 0.3) is 10.0 Å². The molecule has 0 amide bonds. The largest absolute Gasteiger partial charge is 0.377 e. The summed E-state index contributed by atoms with van der Waals surface area (Å²) in [4.78, 5) is 0. The maximum absolute atomic E-state index is 12.3. The number of hydrogen-bond acceptors (Lipinski definition) is 5. The van der Waals surface area contributed by atoms with Crippen LogP contribution in [0.25, 0.3) is 0 Å². The van der Waals surface area contributed by atoms with Gasteiger partial charge < -0.3 is 10.5 Å². The lowest BCUT2D eigenvalue weighted by molar-refractivity contribution is 0.0351. The molecule has 0 aliphatic carbocycles. The summed E-state index contributed by atoms with van der Waals surface area (Å²) in [6.07, 6.45) is -0.602. The van der Waals surface area contributed by atoms with Crippen LogP contribution in [-0.2, 0) is 14.8 Å². The van der Waals surface area contributed by atoms with Gasteiger partial charge in [-0.25, -0.2) is 8.42 Å². The Morgan fingerprint density at radius 1 is 1.65 bits per heavy atom. The van der Waals surface area contributed by atoms with Crippen molar-refractivity contribution in [3.63, 3.8) is 0 Å². The van der Waals surface area contributed by atoms with Gasteiger partial charge in [0, 0.05) is 6.54 Å². The van der Waals surface area contributed by atoms with E-state index < -0.39 is 16.2 Å². The summed E-state index contributed by atoms with van der Waals surface area (Å²) in [5, 5.41) is 0. The van der Waals surface area contributed by atoms with Gasteiger partial charge in [-0.2, -0.15) is 4.31 Å². The fourth-order valence-corrected chi connectivity index (χ4v) is 5.42. The molecule has 0 bridgehead atoms. The molecule has 2 rings (SSSR count). The van der Waals surface area contributed by atoms with Crippen LogP contribution in [0.15, 0.2) is 14.1 Å². The van der Waals surface area contributed by atoms with Crippen molar-refractivity contribution < 1.29 is 13.2 Å². The molecule has 1 aromatic rings. The van der Waals surface area contributed by atoms with Crippen molar-refractivity contribution in [2.75, 3.05) is 19.8 Å². The number of thiophene rings is 1. The number of nitrogens with two attached hydrogens (primary N) is 1. The minimum absolute atomic E-state index is 0.241. The van der Waals surface area contributed by atoms with Crippen LogP contribution in [0.4, 0.5) is 0 Å². The lowest BCUT2D eigenvalue weighted by Gasteiger charge is -2.31. The molecule has 17 heavy (non-hydrogen) atoms. The number of sulfonamides is 1. The molecule has 1 fully saturated rings. The van der Waals surface area contributed by atoms with Gasteiger partial charge in [-0.1, -0.05) is 0 Å². The van der Waals surface area contributed by atoms with Crippen LogP contribution in [0.3, 0.4) is 0 Å². The smallest absolute Gasteiger partial charge is 0.254 e. The number of hydrogen-bond donors (Lipinski definition) is 1. The second kappa shape index (κ2) is 4.94. The van der Waals surface area contributed by atoms with Gasteiger partial charge in [0.15, 0.2) is 0 Å². The molecule has 96 valence electrons. The molecular weight excluding hydrogens is 328 g/mol. The molecule has 5 nitrogen and oxygen atoms in total. The Labute approximate surface area is 113 Å². The predicted molar refractivity (Wildman–Crippen MR) is 69.4 cm³/mol. The van der Waals surface area contributed by atoms with E-state index >= 15 is 0 Å². The highest BCUT2D eigenvalue weighted by atomic mass is 79.9. The van der Waals surface area contributed by atoms with Crippen molar-refractivity contribution in [3.8, 4) is 0 Å². The first-order valence-corrected chi connectivity index (χ1v) is 8.09. The van der Waals surface area contributed by atoms with Gasteiger partial charge in [0.2, 0.25) is 0 Å². The fraction of sp³-hybridized carbons (Fsp3) is 0.556. The van der Waals surface area contributed by atoms with E-state index in [2.05, 4.69) is 15.9 Å². The SMILES string of the molecule is Cc1cc(S(=O)(=O)N2CCOCC2N)sc1Br. The molecule has 1 aromatic heterocycles. The van der Waals surface area contributed by atoms with Gasteiger partial charge in [-0.05, 0) is 34.5 Å². The quantitative estimate of drug-likeness (QED) is 0.875. The average Bonchev–Trinajstić information content (AvgIpc) is 2.60. The summed E-state index contributed by atoms with van der Waals surface area (Å²) < 4.78 is 32.3. The number of nitrogens with zero attached hydrogens (tertiary/aromatic N) is 1. The zero-order valence-electron chi connectivity index (χ0n) is 9.22. The summed E-state index contributed by atoms with van der Waals surface area (Å²) in [5.41, 5.74) is 6.67. The highest BCUT2D eigenvalue weighted by Gasteiger charge is 2.33. The Bertz CT molecular complexity index is 495. The predicted octanol–water partition coefficient (Wildman–Crippen LogP) is 1.12. The normalized spacial score (nSPS) is 22.9. The van der Waals surface area contributed by atoms with Crippen LogP contribution in [0.2, 0.25) is 0 Å². The molecule has 1 unspecified atom stereocenters. The molecule has 0 saturated carbocycles. The van der Waals surface area contributed by atoms with Crippen molar-refractivity contribution in [2.24, 2.45) is 5.73 Å². The maximum atomic E-state index is 12.3. The van der Waals surface area contributed by atoms with Gasteiger partial charge >= 0.3 is 0 Å². The van der Waals surface area contributed by atoms with Gasteiger partial charge in [-0.3, -0.25) is 0 Å². The third kappa shape index (κ3) is 2.56. The van der Waals surface area contributed by atoms with Gasteiger partial charge in [0.1, 0.15) is 4.21 Å². The van der Waals surface area contributed by atoms with E-state index in [9.17, 15) is 8.42 Å². The number of aryl methyl sites for hydroxylation is 1. The van der Waals surface area contributed by atoms with Crippen LogP contribution < -0.4 is 5.73 Å². The highest BCUT2D eigenvalue weighted by molar-refractivity contribution is 9.11. The monoisotopic (exact) mass is 340 g/mol. The summed E-state index contributed by atoms with van der Waals surface area (Å²) >= 11 is 4.53. The number of ether oxygens (including phenoxy) is 1. The molecule has 0 aromatic carbocycles. The fourth-order valence-electron chi connectivity index (χ4n) is 1.58. The second-order valence-electron chi connectivity index (χ2n) is 3.78. The van der Waals surface area contributed by atoms with Crippen molar-refractivity contribution in [3.05, 3.63) is 15.4 Å². The van der Waals surface area contributed by atoms with Crippen LogP contribution in [0, 0.1) is 6.92 Å². The molecule has 0 radical (unpaired) electrons. The van der Waals surface area contributed by atoms with Crippen molar-refractivity contribution in [2.45, 2.75) is 17.3 Å². The lowest BCUT2D eigenvalue weighted by Crippen LogP contribution is -2.53. The van der Waals surface area contributed by atoms with Crippen LogP contribution in [0.5, 0.6) is 0 Å². The minimum Gasteiger partial charge on any atom is -0.377 e. The van der Waals surface area contributed by atoms with Crippen LogP contribution in [-0.4, -0.2) is 38.6 Å². The van der Waals surface area contributed by atoms with Crippen molar-refractivity contribution >= 4 is 37.3 Å². The number of morpholine rings is 1. The first-order chi connectivity index (χ1) is 7.93. The lowest BCUT2D eigenvalue weighted by atomic mass is 10.4. The molecule has 1 aliphatic heterocycles. The van der Waals surface area contributed by atoms with E-state index in [4.69, 9.17) is 10.5 Å². The molecule has 2 N–H and O–H groups in total. The minimum atomic E-state index is -3.50. The van der Waals surface area contributed by atoms with E-state index in [1.54, 1.807) is 6.07 Å². The summed E-state index contributed by atoms with van der Waals surface area (Å²) in [6.45, 7) is 2.79. The first-order valence-electron chi connectivity index (χ1n) is 5.04. The first kappa shape index (κ1) is 13.4. The Morgan fingerprint density at radius 3 is 2.88 bits per heavy atom. The van der Waals surface area contributed by atoms with E-state index in [0.717, 1.165) is 9.35 Å². The van der Waals surface area contributed by atoms with Crippen molar-refractivity contribution in [1.82, 2.24) is 4.31 Å². The maximum Gasteiger partial charge on any atom is 0.254 e. The van der Waals surface area contributed by atoms with E-state index in [-0.39, 0.29) is 6.61 Å². The molecule has 8 heteroatoms. The summed E-state index contributed by atoms with van der Waals surface area (Å²) in [6, 6.07) is 1.66. The van der Waals surface area contributed by atoms with Gasteiger partial charge in [-0.15, -0.1) is 11.3 Å². The molecular formula is C9H13BrN2O3S2. The van der Waals surface area contributed by atoms with E-state index in [1.807, 2.05) is 6.92 Å². The second-order valence-corrected chi connectivity index (χ2v) is 8.27. The molecule has 1 atom stereocenters. The Morgan fingerprint density at radius 2 is 2.35 bits per heavy atom. The average molecular weight is 341 g/mol. The Hall–Kier alpha value is 0.01000. The summed E-state index contributed by atoms with van der Waals surface area (Å²) in [7, 11) is -3.50. The standard InChI is InChI=1S/C9H13BrN2O3S2/c1-6-4-8(16-9(6)10)17(13,14)12-2-3-15-5-7(12)11/h4,7H,2-3,5,11H2,1H3.